The topological polar surface area (TPSA) is 91.1 Å². The van der Waals surface area contributed by atoms with Crippen molar-refractivity contribution >= 4 is 16.8 Å². The van der Waals surface area contributed by atoms with E-state index in [-0.39, 0.29) is 24.9 Å². The number of benzene rings is 2. The SMILES string of the molecule is N[C@@H](CCO)C(=O)NCC(c1ccccc1)c1c[nH]c2ccccc12. The molecule has 1 heterocycles. The highest BCUT2D eigenvalue weighted by atomic mass is 16.3. The number of carbonyl (C=O) groups is 1. The molecule has 2 atom stereocenters. The second-order valence-electron chi connectivity index (χ2n) is 6.12. The highest BCUT2D eigenvalue weighted by Gasteiger charge is 2.20. The Morgan fingerprint density at radius 3 is 2.60 bits per heavy atom. The number of aliphatic hydroxyl groups excluding tert-OH is 1. The number of hydrogen-bond acceptors (Lipinski definition) is 3. The molecule has 0 saturated heterocycles. The molecular formula is C20H23N3O2. The van der Waals surface area contributed by atoms with E-state index in [0.29, 0.717) is 6.54 Å². The lowest BCUT2D eigenvalue weighted by Gasteiger charge is -2.19. The molecule has 0 aliphatic carbocycles. The van der Waals surface area contributed by atoms with Crippen molar-refractivity contribution in [1.29, 1.82) is 0 Å². The van der Waals surface area contributed by atoms with Crippen LogP contribution >= 0.6 is 0 Å². The van der Waals surface area contributed by atoms with Crippen molar-refractivity contribution in [2.45, 2.75) is 18.4 Å². The molecule has 0 bridgehead atoms. The van der Waals surface area contributed by atoms with Crippen molar-refractivity contribution < 1.29 is 9.90 Å². The molecule has 0 fully saturated rings. The van der Waals surface area contributed by atoms with Gasteiger partial charge in [0.25, 0.3) is 0 Å². The number of para-hydroxylation sites is 1. The molecule has 5 heteroatoms. The van der Waals surface area contributed by atoms with Crippen LogP contribution in [-0.4, -0.2) is 35.2 Å². The lowest BCUT2D eigenvalue weighted by Crippen LogP contribution is -2.42. The van der Waals surface area contributed by atoms with Gasteiger partial charge in [0.2, 0.25) is 5.91 Å². The minimum absolute atomic E-state index is 0.0163. The number of nitrogens with one attached hydrogen (secondary N) is 2. The van der Waals surface area contributed by atoms with Crippen LogP contribution in [-0.2, 0) is 4.79 Å². The number of H-pyrrole nitrogens is 1. The van der Waals surface area contributed by atoms with Crippen LogP contribution in [0.4, 0.5) is 0 Å². The van der Waals surface area contributed by atoms with Crippen LogP contribution in [0, 0.1) is 0 Å². The predicted molar refractivity (Wildman–Crippen MR) is 99.3 cm³/mol. The average molecular weight is 337 g/mol. The largest absolute Gasteiger partial charge is 0.396 e. The Morgan fingerprint density at radius 2 is 1.84 bits per heavy atom. The molecule has 25 heavy (non-hydrogen) atoms. The zero-order valence-electron chi connectivity index (χ0n) is 14.0. The minimum Gasteiger partial charge on any atom is -0.396 e. The normalized spacial score (nSPS) is 13.5. The Hall–Kier alpha value is -2.63. The Balaban J connectivity index is 1.88. The van der Waals surface area contributed by atoms with Crippen molar-refractivity contribution in [1.82, 2.24) is 10.3 Å². The first-order valence-corrected chi connectivity index (χ1v) is 8.46. The molecule has 1 unspecified atom stereocenters. The van der Waals surface area contributed by atoms with Gasteiger partial charge in [0.15, 0.2) is 0 Å². The van der Waals surface area contributed by atoms with Crippen LogP contribution in [0.25, 0.3) is 10.9 Å². The van der Waals surface area contributed by atoms with Crippen molar-refractivity contribution in [3.63, 3.8) is 0 Å². The Morgan fingerprint density at radius 1 is 1.12 bits per heavy atom. The summed E-state index contributed by atoms with van der Waals surface area (Å²) in [7, 11) is 0. The summed E-state index contributed by atoms with van der Waals surface area (Å²) in [6.07, 6.45) is 2.26. The number of rotatable bonds is 7. The van der Waals surface area contributed by atoms with Gasteiger partial charge in [-0.3, -0.25) is 4.79 Å². The van der Waals surface area contributed by atoms with Gasteiger partial charge in [-0.15, -0.1) is 0 Å². The van der Waals surface area contributed by atoms with Gasteiger partial charge in [0, 0.05) is 36.2 Å². The van der Waals surface area contributed by atoms with E-state index >= 15 is 0 Å². The monoisotopic (exact) mass is 337 g/mol. The Labute approximate surface area is 146 Å². The van der Waals surface area contributed by atoms with Crippen molar-refractivity contribution in [2.75, 3.05) is 13.2 Å². The first-order valence-electron chi connectivity index (χ1n) is 8.46. The van der Waals surface area contributed by atoms with Gasteiger partial charge in [-0.1, -0.05) is 48.5 Å². The quantitative estimate of drug-likeness (QED) is 0.532. The van der Waals surface area contributed by atoms with E-state index < -0.39 is 6.04 Å². The fourth-order valence-corrected chi connectivity index (χ4v) is 3.08. The number of amides is 1. The fraction of sp³-hybridized carbons (Fsp3) is 0.250. The second-order valence-corrected chi connectivity index (χ2v) is 6.12. The summed E-state index contributed by atoms with van der Waals surface area (Å²) in [6, 6.07) is 17.5. The maximum Gasteiger partial charge on any atom is 0.237 e. The Kier molecular flexibility index (Phi) is 5.48. The van der Waals surface area contributed by atoms with Gasteiger partial charge in [0.1, 0.15) is 0 Å². The summed E-state index contributed by atoms with van der Waals surface area (Å²) in [6.45, 7) is 0.350. The third kappa shape index (κ3) is 3.90. The first kappa shape index (κ1) is 17.2. The van der Waals surface area contributed by atoms with E-state index in [0.717, 1.165) is 22.0 Å². The number of hydrogen-bond donors (Lipinski definition) is 4. The molecule has 0 radical (unpaired) electrons. The second kappa shape index (κ2) is 7.96. The third-order valence-corrected chi connectivity index (χ3v) is 4.46. The Bertz CT molecular complexity index is 829. The summed E-state index contributed by atoms with van der Waals surface area (Å²) in [4.78, 5) is 15.4. The highest BCUT2D eigenvalue weighted by molar-refractivity contribution is 5.85. The molecule has 2 aromatic carbocycles. The molecule has 0 spiro atoms. The van der Waals surface area contributed by atoms with Gasteiger partial charge in [-0.05, 0) is 23.6 Å². The van der Waals surface area contributed by atoms with Crippen molar-refractivity contribution in [2.24, 2.45) is 5.73 Å². The predicted octanol–water partition coefficient (Wildman–Crippen LogP) is 2.13. The van der Waals surface area contributed by atoms with E-state index in [1.54, 1.807) is 0 Å². The number of aromatic amines is 1. The molecule has 1 aromatic heterocycles. The standard InChI is InChI=1S/C20H23N3O2/c21-18(10-11-24)20(25)23-12-16(14-6-2-1-3-7-14)17-13-22-19-9-5-4-8-15(17)19/h1-9,13,16,18,22,24H,10-12,21H2,(H,23,25)/t16?,18-/m0/s1. The summed E-state index contributed by atoms with van der Waals surface area (Å²) in [5.74, 6) is -0.225. The van der Waals surface area contributed by atoms with Crippen LogP contribution in [0.2, 0.25) is 0 Å². The van der Waals surface area contributed by atoms with E-state index in [9.17, 15) is 4.79 Å². The van der Waals surface area contributed by atoms with Gasteiger partial charge in [-0.25, -0.2) is 0 Å². The van der Waals surface area contributed by atoms with Gasteiger partial charge in [0.05, 0.1) is 6.04 Å². The van der Waals surface area contributed by atoms with Crippen molar-refractivity contribution in [3.05, 3.63) is 71.9 Å². The smallest absolute Gasteiger partial charge is 0.237 e. The average Bonchev–Trinajstić information content (AvgIpc) is 3.07. The zero-order chi connectivity index (χ0) is 17.6. The summed E-state index contributed by atoms with van der Waals surface area (Å²) in [5.41, 5.74) is 9.12. The molecule has 0 aliphatic rings. The summed E-state index contributed by atoms with van der Waals surface area (Å²) in [5, 5.41) is 13.0. The molecule has 1 amide bonds. The number of carbonyl (C=O) groups excluding carboxylic acids is 1. The minimum atomic E-state index is -0.690. The van der Waals surface area contributed by atoms with Crippen LogP contribution in [0.3, 0.4) is 0 Å². The molecule has 5 N–H and O–H groups in total. The molecule has 0 saturated carbocycles. The number of aliphatic hydroxyl groups is 1. The zero-order valence-corrected chi connectivity index (χ0v) is 14.0. The molecule has 0 aliphatic heterocycles. The van der Waals surface area contributed by atoms with Crippen LogP contribution in [0.5, 0.6) is 0 Å². The lowest BCUT2D eigenvalue weighted by molar-refractivity contribution is -0.122. The van der Waals surface area contributed by atoms with Crippen LogP contribution < -0.4 is 11.1 Å². The number of fused-ring (bicyclic) bond motifs is 1. The van der Waals surface area contributed by atoms with E-state index in [1.807, 2.05) is 42.6 Å². The molecule has 3 aromatic rings. The molecular weight excluding hydrogens is 314 g/mol. The van der Waals surface area contributed by atoms with Crippen molar-refractivity contribution in [3.8, 4) is 0 Å². The molecule has 130 valence electrons. The lowest BCUT2D eigenvalue weighted by atomic mass is 9.91. The third-order valence-electron chi connectivity index (χ3n) is 4.46. The van der Waals surface area contributed by atoms with Crippen LogP contribution in [0.1, 0.15) is 23.5 Å². The fourth-order valence-electron chi connectivity index (χ4n) is 3.08. The summed E-state index contributed by atoms with van der Waals surface area (Å²) >= 11 is 0. The van der Waals surface area contributed by atoms with E-state index in [1.165, 1.54) is 0 Å². The maximum atomic E-state index is 12.1. The molecule has 3 rings (SSSR count). The number of aromatic nitrogens is 1. The maximum absolute atomic E-state index is 12.1. The molecule has 5 nitrogen and oxygen atoms in total. The van der Waals surface area contributed by atoms with Gasteiger partial charge in [-0.2, -0.15) is 0 Å². The van der Waals surface area contributed by atoms with E-state index in [2.05, 4.69) is 28.5 Å². The van der Waals surface area contributed by atoms with E-state index in [4.69, 9.17) is 10.8 Å². The first-order chi connectivity index (χ1) is 12.2. The summed E-state index contributed by atoms with van der Waals surface area (Å²) < 4.78 is 0. The van der Waals surface area contributed by atoms with Crippen LogP contribution in [0.15, 0.2) is 60.8 Å². The van der Waals surface area contributed by atoms with Gasteiger partial charge < -0.3 is 21.1 Å². The van der Waals surface area contributed by atoms with Gasteiger partial charge >= 0.3 is 0 Å². The number of nitrogens with two attached hydrogens (primary N) is 1. The highest BCUT2D eigenvalue weighted by Crippen LogP contribution is 2.30.